The summed E-state index contributed by atoms with van der Waals surface area (Å²) in [5.41, 5.74) is 1.09. The van der Waals surface area contributed by atoms with E-state index in [0.29, 0.717) is 11.8 Å². The van der Waals surface area contributed by atoms with Gasteiger partial charge in [0.1, 0.15) is 10.1 Å². The van der Waals surface area contributed by atoms with E-state index in [2.05, 4.69) is 27.7 Å². The van der Waals surface area contributed by atoms with E-state index in [1.807, 2.05) is 0 Å². The molecule has 0 N–H and O–H groups in total. The molecule has 0 amide bonds. The molecular weight excluding hydrogens is 319 g/mol. The summed E-state index contributed by atoms with van der Waals surface area (Å²) in [7, 11) is -4.34. The van der Waals surface area contributed by atoms with Crippen molar-refractivity contribution in [3.8, 4) is 0 Å². The second-order valence-corrected chi connectivity index (χ2v) is 8.26. The van der Waals surface area contributed by atoms with Crippen molar-refractivity contribution in [1.29, 1.82) is 0 Å². The van der Waals surface area contributed by atoms with Crippen LogP contribution in [0.5, 0.6) is 0 Å². The summed E-state index contributed by atoms with van der Waals surface area (Å²) in [4.78, 5) is -0.148. The van der Waals surface area contributed by atoms with Crippen LogP contribution in [0.25, 0.3) is 0 Å². The van der Waals surface area contributed by atoms with E-state index < -0.39 is 10.1 Å². The summed E-state index contributed by atoms with van der Waals surface area (Å²) in [6.45, 7) is 9.11. The first-order valence-corrected chi connectivity index (χ1v) is 9.68. The van der Waals surface area contributed by atoms with Gasteiger partial charge in [0, 0.05) is 0 Å². The number of hydrogen-bond acceptors (Lipinski definition) is 3. The second-order valence-electron chi connectivity index (χ2n) is 6.88. The quantitative estimate of drug-likeness (QED) is 0.503. The van der Waals surface area contributed by atoms with Gasteiger partial charge in [-0.1, -0.05) is 52.7 Å². The predicted octanol–water partition coefficient (Wildman–Crippen LogP) is 1.63. The third kappa shape index (κ3) is 9.25. The van der Waals surface area contributed by atoms with Crippen molar-refractivity contribution in [3.63, 3.8) is 0 Å². The largest absolute Gasteiger partial charge is 1.00 e. The Labute approximate surface area is 164 Å². The molecule has 0 aromatic heterocycles. The van der Waals surface area contributed by atoms with E-state index in [4.69, 9.17) is 0 Å². The van der Waals surface area contributed by atoms with E-state index in [9.17, 15) is 13.0 Å². The summed E-state index contributed by atoms with van der Waals surface area (Å²) in [6.07, 6.45) is 5.91. The standard InChI is InChI=1S/C18H30O3S.Na/c1-5-6-14(2)11-15(3)12-16(4)13-17-7-9-18(10-8-17)22(19,20)21;/h7-10,14-16H,5-6,11-13H2,1-4H3,(H,19,20,21);/q;+1/p-1. The number of rotatable bonds is 9. The fourth-order valence-electron chi connectivity index (χ4n) is 3.36. The summed E-state index contributed by atoms with van der Waals surface area (Å²) in [5, 5.41) is 0. The molecule has 0 radical (unpaired) electrons. The van der Waals surface area contributed by atoms with Crippen molar-refractivity contribution in [2.24, 2.45) is 17.8 Å². The molecule has 1 aromatic rings. The zero-order chi connectivity index (χ0) is 16.8. The molecule has 0 aliphatic rings. The zero-order valence-corrected chi connectivity index (χ0v) is 18.0. The number of benzene rings is 1. The Bertz CT molecular complexity index is 540. The number of hydrogen-bond donors (Lipinski definition) is 0. The van der Waals surface area contributed by atoms with Gasteiger partial charge >= 0.3 is 29.6 Å². The zero-order valence-electron chi connectivity index (χ0n) is 15.2. The van der Waals surface area contributed by atoms with Gasteiger partial charge in [-0.15, -0.1) is 0 Å². The molecule has 0 bridgehead atoms. The molecule has 5 heteroatoms. The van der Waals surface area contributed by atoms with Gasteiger partial charge in [-0.2, -0.15) is 0 Å². The van der Waals surface area contributed by atoms with E-state index >= 15 is 0 Å². The van der Waals surface area contributed by atoms with Gasteiger partial charge in [0.25, 0.3) is 0 Å². The Morgan fingerprint density at radius 2 is 1.48 bits per heavy atom. The van der Waals surface area contributed by atoms with Gasteiger partial charge in [-0.3, -0.25) is 0 Å². The molecule has 0 aliphatic heterocycles. The van der Waals surface area contributed by atoms with Crippen LogP contribution < -0.4 is 29.6 Å². The van der Waals surface area contributed by atoms with Crippen LogP contribution in [-0.4, -0.2) is 13.0 Å². The smallest absolute Gasteiger partial charge is 0.744 e. The Morgan fingerprint density at radius 3 is 1.96 bits per heavy atom. The first-order valence-electron chi connectivity index (χ1n) is 8.27. The van der Waals surface area contributed by atoms with Gasteiger partial charge in [0.2, 0.25) is 0 Å². The molecule has 3 atom stereocenters. The van der Waals surface area contributed by atoms with Gasteiger partial charge in [0.15, 0.2) is 0 Å². The van der Waals surface area contributed by atoms with Crippen molar-refractivity contribution < 1.29 is 42.5 Å². The predicted molar refractivity (Wildman–Crippen MR) is 89.7 cm³/mol. The Balaban J connectivity index is 0.00000484. The minimum absolute atomic E-state index is 0. The van der Waals surface area contributed by atoms with Crippen molar-refractivity contribution in [2.45, 2.75) is 64.7 Å². The maximum absolute atomic E-state index is 10.9. The average molecular weight is 348 g/mol. The van der Waals surface area contributed by atoms with Crippen molar-refractivity contribution in [3.05, 3.63) is 29.8 Å². The fraction of sp³-hybridized carbons (Fsp3) is 0.667. The van der Waals surface area contributed by atoms with Gasteiger partial charge in [-0.05, 0) is 54.7 Å². The summed E-state index contributed by atoms with van der Waals surface area (Å²) in [5.74, 6) is 2.05. The molecule has 23 heavy (non-hydrogen) atoms. The minimum Gasteiger partial charge on any atom is -0.744 e. The molecule has 0 aliphatic carbocycles. The van der Waals surface area contributed by atoms with Crippen LogP contribution in [0, 0.1) is 17.8 Å². The monoisotopic (exact) mass is 348 g/mol. The van der Waals surface area contributed by atoms with Crippen LogP contribution in [0.4, 0.5) is 0 Å². The SMILES string of the molecule is CCCC(C)CC(C)CC(C)Cc1ccc(S(=O)(=O)[O-])cc1.[Na+]. The molecule has 0 spiro atoms. The van der Waals surface area contributed by atoms with E-state index in [1.54, 1.807) is 12.1 Å². The summed E-state index contributed by atoms with van der Waals surface area (Å²) in [6, 6.07) is 6.34. The summed E-state index contributed by atoms with van der Waals surface area (Å²) < 4.78 is 32.7. The maximum Gasteiger partial charge on any atom is 1.00 e. The maximum atomic E-state index is 10.9. The van der Waals surface area contributed by atoms with Crippen LogP contribution >= 0.6 is 0 Å². The van der Waals surface area contributed by atoms with Crippen LogP contribution in [0.3, 0.4) is 0 Å². The topological polar surface area (TPSA) is 57.2 Å². The van der Waals surface area contributed by atoms with Gasteiger partial charge in [0.05, 0.1) is 4.90 Å². The first kappa shape index (κ1) is 23.1. The molecule has 1 aromatic carbocycles. The Hall–Kier alpha value is 0.130. The first-order chi connectivity index (χ1) is 10.2. The van der Waals surface area contributed by atoms with Gasteiger partial charge in [-0.25, -0.2) is 8.42 Å². The second kappa shape index (κ2) is 10.9. The molecule has 126 valence electrons. The molecule has 0 saturated carbocycles. The molecule has 0 fully saturated rings. The van der Waals surface area contributed by atoms with Crippen LogP contribution in [0.2, 0.25) is 0 Å². The minimum atomic E-state index is -4.34. The summed E-state index contributed by atoms with van der Waals surface area (Å²) >= 11 is 0. The van der Waals surface area contributed by atoms with Crippen LogP contribution in [-0.2, 0) is 16.5 Å². The van der Waals surface area contributed by atoms with E-state index in [-0.39, 0.29) is 34.5 Å². The van der Waals surface area contributed by atoms with Crippen molar-refractivity contribution in [1.82, 2.24) is 0 Å². The molecule has 0 heterocycles. The van der Waals surface area contributed by atoms with E-state index in [0.717, 1.165) is 17.9 Å². The van der Waals surface area contributed by atoms with Gasteiger partial charge < -0.3 is 4.55 Å². The van der Waals surface area contributed by atoms with Crippen molar-refractivity contribution in [2.75, 3.05) is 0 Å². The third-order valence-electron chi connectivity index (χ3n) is 4.19. The third-order valence-corrected chi connectivity index (χ3v) is 5.04. The molecule has 3 unspecified atom stereocenters. The Kier molecular flexibility index (Phi) is 10.9. The average Bonchev–Trinajstić information content (AvgIpc) is 2.37. The van der Waals surface area contributed by atoms with Crippen LogP contribution in [0.15, 0.2) is 29.2 Å². The van der Waals surface area contributed by atoms with Crippen LogP contribution in [0.1, 0.15) is 58.9 Å². The van der Waals surface area contributed by atoms with E-state index in [1.165, 1.54) is 37.8 Å². The normalized spacial score (nSPS) is 15.5. The fourth-order valence-corrected chi connectivity index (χ4v) is 3.83. The Morgan fingerprint density at radius 1 is 0.957 bits per heavy atom. The molecule has 3 nitrogen and oxygen atoms in total. The molecule has 0 saturated heterocycles. The van der Waals surface area contributed by atoms with Crippen molar-refractivity contribution >= 4 is 10.1 Å². The molecule has 1 rings (SSSR count). The molecular formula is C18H29NaO3S.